The molecule has 1 fully saturated rings. The third-order valence-electron chi connectivity index (χ3n) is 3.20. The topological polar surface area (TPSA) is 52.9 Å². The van der Waals surface area contributed by atoms with E-state index in [1.807, 2.05) is 0 Å². The van der Waals surface area contributed by atoms with Gasteiger partial charge in [-0.05, 0) is 0 Å². The first-order valence-corrected chi connectivity index (χ1v) is 12.1. The second kappa shape index (κ2) is 16.0. The van der Waals surface area contributed by atoms with Gasteiger partial charge < -0.3 is 14.9 Å². The summed E-state index contributed by atoms with van der Waals surface area (Å²) in [4.78, 5) is 2.09. The number of aliphatic hydroxyl groups is 2. The normalized spacial score (nSPS) is 17.4. The minimum absolute atomic E-state index is 0.149. The van der Waals surface area contributed by atoms with E-state index < -0.39 is 6.10 Å². The molecular weight excluding hydrogens is 361 g/mol. The average Bonchev–Trinajstić information content (AvgIpc) is 2.49. The third-order valence-corrected chi connectivity index (χ3v) is 7.23. The molecule has 1 rings (SSSR count). The SMILES string of the molecule is CCC[CH2][Sn][CH2]CCC.OCC(O)CN1CCOCC1. The minimum Gasteiger partial charge on any atom is -0.394 e. The number of unbranched alkanes of at least 4 members (excludes halogenated alkanes) is 2. The van der Waals surface area contributed by atoms with Crippen molar-refractivity contribution in [3.8, 4) is 0 Å². The summed E-state index contributed by atoms with van der Waals surface area (Å²) >= 11 is 0.149. The summed E-state index contributed by atoms with van der Waals surface area (Å²) in [6.07, 6.45) is 5.24. The molecule has 1 heterocycles. The van der Waals surface area contributed by atoms with E-state index in [-0.39, 0.29) is 27.7 Å². The predicted octanol–water partition coefficient (Wildman–Crippen LogP) is 1.80. The second-order valence-corrected chi connectivity index (χ2v) is 9.49. The van der Waals surface area contributed by atoms with Gasteiger partial charge in [-0.25, -0.2) is 0 Å². The maximum absolute atomic E-state index is 9.08. The van der Waals surface area contributed by atoms with E-state index in [2.05, 4.69) is 18.7 Å². The fourth-order valence-corrected chi connectivity index (χ4v) is 6.03. The Bertz CT molecular complexity index is 184. The molecule has 20 heavy (non-hydrogen) atoms. The van der Waals surface area contributed by atoms with Crippen LogP contribution in [0.4, 0.5) is 0 Å². The van der Waals surface area contributed by atoms with Crippen LogP contribution in [0.1, 0.15) is 39.5 Å². The van der Waals surface area contributed by atoms with Crippen molar-refractivity contribution in [2.45, 2.75) is 54.5 Å². The number of β-amino-alcohol motifs (C(OH)–C–C–N with tert-alkyl or cyclic N) is 1. The van der Waals surface area contributed by atoms with Crippen LogP contribution in [-0.2, 0) is 4.74 Å². The van der Waals surface area contributed by atoms with Gasteiger partial charge in [0.15, 0.2) is 0 Å². The van der Waals surface area contributed by atoms with Gasteiger partial charge in [-0.15, -0.1) is 0 Å². The van der Waals surface area contributed by atoms with E-state index in [9.17, 15) is 0 Å². The summed E-state index contributed by atoms with van der Waals surface area (Å²) in [6, 6.07) is 0. The molecule has 0 amide bonds. The van der Waals surface area contributed by atoms with Crippen molar-refractivity contribution in [1.29, 1.82) is 0 Å². The molecule has 1 atom stereocenters. The maximum Gasteiger partial charge on any atom is 0.0897 e. The van der Waals surface area contributed by atoms with Crippen LogP contribution in [0, 0.1) is 0 Å². The summed E-state index contributed by atoms with van der Waals surface area (Å²) in [7, 11) is 0. The molecule has 1 aliphatic rings. The van der Waals surface area contributed by atoms with Crippen molar-refractivity contribution in [2.75, 3.05) is 39.5 Å². The molecule has 0 bridgehead atoms. The maximum atomic E-state index is 9.08. The van der Waals surface area contributed by atoms with Crippen molar-refractivity contribution in [1.82, 2.24) is 4.90 Å². The van der Waals surface area contributed by atoms with Crippen molar-refractivity contribution >= 4 is 21.1 Å². The van der Waals surface area contributed by atoms with Gasteiger partial charge in [-0.2, -0.15) is 0 Å². The van der Waals surface area contributed by atoms with Crippen molar-refractivity contribution < 1.29 is 14.9 Å². The molecule has 0 aromatic heterocycles. The van der Waals surface area contributed by atoms with Crippen molar-refractivity contribution in [2.24, 2.45) is 0 Å². The van der Waals surface area contributed by atoms with Crippen LogP contribution in [0.2, 0.25) is 8.87 Å². The van der Waals surface area contributed by atoms with Crippen LogP contribution in [0.25, 0.3) is 0 Å². The van der Waals surface area contributed by atoms with Crippen LogP contribution < -0.4 is 0 Å². The fraction of sp³-hybridized carbons (Fsp3) is 1.00. The van der Waals surface area contributed by atoms with E-state index >= 15 is 0 Å². The number of aliphatic hydroxyl groups excluding tert-OH is 2. The van der Waals surface area contributed by atoms with Gasteiger partial charge in [0.25, 0.3) is 0 Å². The number of nitrogens with zero attached hydrogens (tertiary/aromatic N) is 1. The Morgan fingerprint density at radius 2 is 1.65 bits per heavy atom. The Balaban J connectivity index is 0.000000370. The zero-order chi connectivity index (χ0) is 15.1. The Morgan fingerprint density at radius 1 is 1.10 bits per heavy atom. The first kappa shape index (κ1) is 20.6. The van der Waals surface area contributed by atoms with Crippen molar-refractivity contribution in [3.05, 3.63) is 0 Å². The van der Waals surface area contributed by atoms with Gasteiger partial charge >= 0.3 is 69.5 Å². The van der Waals surface area contributed by atoms with Gasteiger partial charge in [0.1, 0.15) is 0 Å². The molecule has 0 saturated carbocycles. The fourth-order valence-electron chi connectivity index (χ4n) is 1.87. The van der Waals surface area contributed by atoms with E-state index in [0.29, 0.717) is 6.54 Å². The summed E-state index contributed by atoms with van der Waals surface area (Å²) in [6.45, 7) is 8.17. The largest absolute Gasteiger partial charge is 0.394 e. The molecule has 0 spiro atoms. The molecule has 1 saturated heterocycles. The van der Waals surface area contributed by atoms with Crippen LogP contribution in [-0.4, -0.2) is 81.8 Å². The van der Waals surface area contributed by atoms with Gasteiger partial charge in [0, 0.05) is 19.6 Å². The monoisotopic (exact) mass is 395 g/mol. The molecule has 120 valence electrons. The smallest absolute Gasteiger partial charge is 0.0897 e. The van der Waals surface area contributed by atoms with E-state index in [4.69, 9.17) is 14.9 Å². The van der Waals surface area contributed by atoms with E-state index in [0.717, 1.165) is 26.3 Å². The Morgan fingerprint density at radius 3 is 2.10 bits per heavy atom. The van der Waals surface area contributed by atoms with E-state index in [1.165, 1.54) is 25.7 Å². The average molecular weight is 394 g/mol. The van der Waals surface area contributed by atoms with Crippen LogP contribution in [0.5, 0.6) is 0 Å². The van der Waals surface area contributed by atoms with E-state index in [1.54, 1.807) is 8.87 Å². The molecule has 2 N–H and O–H groups in total. The van der Waals surface area contributed by atoms with Crippen molar-refractivity contribution in [3.63, 3.8) is 0 Å². The summed E-state index contributed by atoms with van der Waals surface area (Å²) in [5, 5.41) is 17.6. The predicted molar refractivity (Wildman–Crippen MR) is 85.5 cm³/mol. The Labute approximate surface area is 135 Å². The first-order chi connectivity index (χ1) is 9.74. The van der Waals surface area contributed by atoms with Crippen LogP contribution in [0.15, 0.2) is 0 Å². The Hall–Kier alpha value is 0.639. The Kier molecular flexibility index (Phi) is 16.5. The molecule has 4 nitrogen and oxygen atoms in total. The van der Waals surface area contributed by atoms with Gasteiger partial charge in [0.2, 0.25) is 0 Å². The van der Waals surface area contributed by atoms with Gasteiger partial charge in [-0.1, -0.05) is 0 Å². The molecule has 2 radical (unpaired) electrons. The zero-order valence-corrected chi connectivity index (χ0v) is 16.2. The molecule has 1 unspecified atom stereocenters. The third kappa shape index (κ3) is 13.6. The number of hydrogen-bond donors (Lipinski definition) is 2. The summed E-state index contributed by atoms with van der Waals surface area (Å²) in [5.74, 6) is 0. The molecule has 0 aromatic carbocycles. The quantitative estimate of drug-likeness (QED) is 0.463. The molecule has 0 aromatic rings. The molecule has 0 aliphatic carbocycles. The number of morpholine rings is 1. The molecular formula is C15H33NO3Sn. The minimum atomic E-state index is -0.604. The number of rotatable bonds is 9. The summed E-state index contributed by atoms with van der Waals surface area (Å²) < 4.78 is 8.38. The number of hydrogen-bond acceptors (Lipinski definition) is 4. The van der Waals surface area contributed by atoms with Crippen LogP contribution >= 0.6 is 0 Å². The van der Waals surface area contributed by atoms with Gasteiger partial charge in [0.05, 0.1) is 25.9 Å². The summed E-state index contributed by atoms with van der Waals surface area (Å²) in [5.41, 5.74) is 0. The molecule has 1 aliphatic heterocycles. The molecule has 5 heteroatoms. The first-order valence-electron chi connectivity index (χ1n) is 8.04. The standard InChI is InChI=1S/C7H15NO3.2C4H9.Sn/c9-6-7(10)5-8-1-3-11-4-2-8;2*1-3-4-2;/h7,9-10H,1-6H2;2*1,3-4H2,2H3;. The number of ether oxygens (including phenoxy) is 1. The zero-order valence-electron chi connectivity index (χ0n) is 13.3. The van der Waals surface area contributed by atoms with Gasteiger partial charge in [-0.3, -0.25) is 4.90 Å². The van der Waals surface area contributed by atoms with Crippen LogP contribution in [0.3, 0.4) is 0 Å². The second-order valence-electron chi connectivity index (χ2n) is 5.21.